The van der Waals surface area contributed by atoms with Gasteiger partial charge in [0.1, 0.15) is 5.82 Å². The van der Waals surface area contributed by atoms with Gasteiger partial charge in [0, 0.05) is 39.1 Å². The Labute approximate surface area is 171 Å². The van der Waals surface area contributed by atoms with Crippen LogP contribution in [0.3, 0.4) is 0 Å². The molecule has 154 valence electrons. The zero-order chi connectivity index (χ0) is 20.2. The Hall–Kier alpha value is -2.80. The number of rotatable bonds is 6. The molecule has 1 aromatic heterocycles. The molecule has 1 amide bonds. The molecule has 0 atom stereocenters. The first-order chi connectivity index (χ1) is 14.1. The summed E-state index contributed by atoms with van der Waals surface area (Å²) in [5, 5.41) is 2.91. The van der Waals surface area contributed by atoms with E-state index in [1.165, 1.54) is 5.56 Å². The lowest BCUT2D eigenvalue weighted by atomic mass is 10.1. The standard InChI is InChI=1S/C22H28N4O3/c1-16(2)11-22(27)24-18-4-6-21(23-13-18)26-9-7-25(8-10-26)14-17-3-5-19-20(12-17)29-15-28-19/h3-6,12-13,16H,7-11,14-15H2,1-2H3,(H,24,27). The van der Waals surface area contributed by atoms with Gasteiger partial charge >= 0.3 is 0 Å². The van der Waals surface area contributed by atoms with Gasteiger partial charge in [-0.2, -0.15) is 0 Å². The number of aromatic nitrogens is 1. The van der Waals surface area contributed by atoms with Gasteiger partial charge in [0.25, 0.3) is 0 Å². The van der Waals surface area contributed by atoms with Crippen LogP contribution in [0, 0.1) is 5.92 Å². The van der Waals surface area contributed by atoms with E-state index in [0.29, 0.717) is 19.1 Å². The highest BCUT2D eigenvalue weighted by molar-refractivity contribution is 5.90. The highest BCUT2D eigenvalue weighted by Gasteiger charge is 2.20. The normalized spacial score (nSPS) is 16.3. The van der Waals surface area contributed by atoms with E-state index < -0.39 is 0 Å². The molecule has 2 aliphatic rings. The minimum atomic E-state index is 0.0340. The molecule has 2 aliphatic heterocycles. The average molecular weight is 396 g/mol. The number of carbonyl (C=O) groups excluding carboxylic acids is 1. The topological polar surface area (TPSA) is 66.9 Å². The van der Waals surface area contributed by atoms with Crippen LogP contribution in [0.5, 0.6) is 11.5 Å². The summed E-state index contributed by atoms with van der Waals surface area (Å²) in [4.78, 5) is 21.2. The van der Waals surface area contributed by atoms with Gasteiger partial charge in [-0.1, -0.05) is 19.9 Å². The molecule has 0 unspecified atom stereocenters. The summed E-state index contributed by atoms with van der Waals surface area (Å²) in [5.41, 5.74) is 1.99. The van der Waals surface area contributed by atoms with E-state index in [1.807, 2.05) is 32.0 Å². The SMILES string of the molecule is CC(C)CC(=O)Nc1ccc(N2CCN(Cc3ccc4c(c3)OCO4)CC2)nc1. The van der Waals surface area contributed by atoms with Crippen LogP contribution in [0.25, 0.3) is 0 Å². The largest absolute Gasteiger partial charge is 0.454 e. The summed E-state index contributed by atoms with van der Waals surface area (Å²) in [6.45, 7) is 9.09. The molecule has 4 rings (SSSR count). The van der Waals surface area contributed by atoms with Crippen LogP contribution in [0.1, 0.15) is 25.8 Å². The van der Waals surface area contributed by atoms with Crippen molar-refractivity contribution in [3.8, 4) is 11.5 Å². The number of ether oxygens (including phenoxy) is 2. The number of pyridine rings is 1. The van der Waals surface area contributed by atoms with E-state index in [-0.39, 0.29) is 5.91 Å². The number of anilines is 2. The molecular formula is C22H28N4O3. The third kappa shape index (κ3) is 4.98. The summed E-state index contributed by atoms with van der Waals surface area (Å²) in [7, 11) is 0. The number of nitrogens with zero attached hydrogens (tertiary/aromatic N) is 3. The molecule has 1 N–H and O–H groups in total. The predicted molar refractivity (Wildman–Crippen MR) is 112 cm³/mol. The molecule has 0 aliphatic carbocycles. The van der Waals surface area contributed by atoms with Crippen LogP contribution in [0.15, 0.2) is 36.5 Å². The second kappa shape index (κ2) is 8.69. The number of hydrogen-bond donors (Lipinski definition) is 1. The Morgan fingerprint density at radius 3 is 2.62 bits per heavy atom. The van der Waals surface area contributed by atoms with Gasteiger partial charge in [0.05, 0.1) is 11.9 Å². The first-order valence-electron chi connectivity index (χ1n) is 10.2. The van der Waals surface area contributed by atoms with Crippen molar-refractivity contribution < 1.29 is 14.3 Å². The summed E-state index contributed by atoms with van der Waals surface area (Å²) >= 11 is 0. The second-order valence-corrected chi connectivity index (χ2v) is 8.00. The number of hydrogen-bond acceptors (Lipinski definition) is 6. The van der Waals surface area contributed by atoms with Gasteiger partial charge in [-0.25, -0.2) is 4.98 Å². The third-order valence-electron chi connectivity index (χ3n) is 5.16. The van der Waals surface area contributed by atoms with Crippen LogP contribution in [0.4, 0.5) is 11.5 Å². The Morgan fingerprint density at radius 2 is 1.90 bits per heavy atom. The van der Waals surface area contributed by atoms with Crippen LogP contribution in [-0.4, -0.2) is 48.8 Å². The highest BCUT2D eigenvalue weighted by atomic mass is 16.7. The van der Waals surface area contributed by atoms with Gasteiger partial charge in [-0.3, -0.25) is 9.69 Å². The minimum absolute atomic E-state index is 0.0340. The van der Waals surface area contributed by atoms with Crippen molar-refractivity contribution in [2.24, 2.45) is 5.92 Å². The Balaban J connectivity index is 1.27. The maximum Gasteiger partial charge on any atom is 0.231 e. The molecule has 0 saturated carbocycles. The van der Waals surface area contributed by atoms with Gasteiger partial charge in [-0.15, -0.1) is 0 Å². The van der Waals surface area contributed by atoms with E-state index in [4.69, 9.17) is 9.47 Å². The number of fused-ring (bicyclic) bond motifs is 1. The molecule has 3 heterocycles. The van der Waals surface area contributed by atoms with E-state index in [9.17, 15) is 4.79 Å². The van der Waals surface area contributed by atoms with Crippen LogP contribution in [-0.2, 0) is 11.3 Å². The van der Waals surface area contributed by atoms with Crippen LogP contribution >= 0.6 is 0 Å². The molecule has 7 heteroatoms. The predicted octanol–water partition coefficient (Wildman–Crippen LogP) is 3.12. The number of nitrogens with one attached hydrogen (secondary N) is 1. The van der Waals surface area contributed by atoms with Crippen molar-refractivity contribution in [2.45, 2.75) is 26.8 Å². The fraction of sp³-hybridized carbons (Fsp3) is 0.455. The van der Waals surface area contributed by atoms with Crippen molar-refractivity contribution >= 4 is 17.4 Å². The Morgan fingerprint density at radius 1 is 1.10 bits per heavy atom. The summed E-state index contributed by atoms with van der Waals surface area (Å²) in [5.74, 6) is 3.00. The zero-order valence-corrected chi connectivity index (χ0v) is 17.1. The lowest BCUT2D eigenvalue weighted by Gasteiger charge is -2.35. The van der Waals surface area contributed by atoms with Gasteiger partial charge in [-0.05, 0) is 35.7 Å². The van der Waals surface area contributed by atoms with Crippen LogP contribution < -0.4 is 19.7 Å². The average Bonchev–Trinajstić information content (AvgIpc) is 3.16. The summed E-state index contributed by atoms with van der Waals surface area (Å²) in [6, 6.07) is 10.1. The van der Waals surface area contributed by atoms with E-state index in [2.05, 4.69) is 32.2 Å². The Kier molecular flexibility index (Phi) is 5.85. The summed E-state index contributed by atoms with van der Waals surface area (Å²) in [6.07, 6.45) is 2.26. The zero-order valence-electron chi connectivity index (χ0n) is 17.1. The molecule has 29 heavy (non-hydrogen) atoms. The molecule has 0 bridgehead atoms. The number of carbonyl (C=O) groups is 1. The summed E-state index contributed by atoms with van der Waals surface area (Å²) < 4.78 is 10.9. The smallest absolute Gasteiger partial charge is 0.231 e. The van der Waals surface area contributed by atoms with Crippen LogP contribution in [0.2, 0.25) is 0 Å². The fourth-order valence-electron chi connectivity index (χ4n) is 3.66. The van der Waals surface area contributed by atoms with Crippen molar-refractivity contribution in [1.82, 2.24) is 9.88 Å². The van der Waals surface area contributed by atoms with Crippen molar-refractivity contribution in [3.63, 3.8) is 0 Å². The van der Waals surface area contributed by atoms with Crippen molar-refractivity contribution in [3.05, 3.63) is 42.1 Å². The molecule has 2 aromatic rings. The second-order valence-electron chi connectivity index (χ2n) is 8.00. The Bertz CT molecular complexity index is 846. The van der Waals surface area contributed by atoms with Gasteiger partial charge in [0.2, 0.25) is 12.7 Å². The third-order valence-corrected chi connectivity index (χ3v) is 5.16. The maximum atomic E-state index is 11.9. The first kappa shape index (κ1) is 19.5. The number of amides is 1. The molecule has 1 aromatic carbocycles. The van der Waals surface area contributed by atoms with Crippen molar-refractivity contribution in [1.29, 1.82) is 0 Å². The van der Waals surface area contributed by atoms with E-state index in [0.717, 1.165) is 55.7 Å². The monoisotopic (exact) mass is 396 g/mol. The fourth-order valence-corrected chi connectivity index (χ4v) is 3.66. The molecule has 0 radical (unpaired) electrons. The number of benzene rings is 1. The van der Waals surface area contributed by atoms with Gasteiger partial charge in [0.15, 0.2) is 11.5 Å². The highest BCUT2D eigenvalue weighted by Crippen LogP contribution is 2.33. The van der Waals surface area contributed by atoms with E-state index >= 15 is 0 Å². The molecular weight excluding hydrogens is 368 g/mol. The minimum Gasteiger partial charge on any atom is -0.454 e. The lowest BCUT2D eigenvalue weighted by Crippen LogP contribution is -2.46. The molecule has 7 nitrogen and oxygen atoms in total. The first-order valence-corrected chi connectivity index (χ1v) is 10.2. The molecule has 1 fully saturated rings. The van der Waals surface area contributed by atoms with Gasteiger partial charge < -0.3 is 19.7 Å². The van der Waals surface area contributed by atoms with E-state index in [1.54, 1.807) is 6.20 Å². The number of piperazine rings is 1. The quantitative estimate of drug-likeness (QED) is 0.809. The lowest BCUT2D eigenvalue weighted by molar-refractivity contribution is -0.116. The molecule has 0 spiro atoms. The maximum absolute atomic E-state index is 11.9. The van der Waals surface area contributed by atoms with Crippen molar-refractivity contribution in [2.75, 3.05) is 43.2 Å². The molecule has 1 saturated heterocycles.